The van der Waals surface area contributed by atoms with E-state index in [2.05, 4.69) is 10.3 Å². The molecule has 1 aromatic heterocycles. The highest BCUT2D eigenvalue weighted by Crippen LogP contribution is 2.28. The van der Waals surface area contributed by atoms with Gasteiger partial charge in [0.05, 0.1) is 13.3 Å². The fourth-order valence-corrected chi connectivity index (χ4v) is 2.86. The van der Waals surface area contributed by atoms with Crippen LogP contribution < -0.4 is 0 Å². The van der Waals surface area contributed by atoms with Crippen molar-refractivity contribution in [2.45, 2.75) is 64.5 Å². The standard InChI is InChI=1S/C16H25N3O4/c1-11(2)19-10-13(17-18-19)15(20)23-14(16(21)22-3)9-12-7-5-4-6-8-12/h10-12,14H,4-9H2,1-3H3. The molecule has 0 N–H and O–H groups in total. The first-order valence-corrected chi connectivity index (χ1v) is 8.22. The monoisotopic (exact) mass is 323 g/mol. The van der Waals surface area contributed by atoms with E-state index in [1.54, 1.807) is 4.68 Å². The minimum Gasteiger partial charge on any atom is -0.466 e. The molecule has 1 unspecified atom stereocenters. The van der Waals surface area contributed by atoms with E-state index in [0.29, 0.717) is 12.3 Å². The van der Waals surface area contributed by atoms with Gasteiger partial charge in [-0.05, 0) is 26.2 Å². The Labute approximate surface area is 136 Å². The Balaban J connectivity index is 2.00. The lowest BCUT2D eigenvalue weighted by molar-refractivity contribution is -0.152. The molecule has 1 heterocycles. The molecule has 1 fully saturated rings. The van der Waals surface area contributed by atoms with Crippen molar-refractivity contribution in [3.63, 3.8) is 0 Å². The van der Waals surface area contributed by atoms with Crippen LogP contribution in [0.5, 0.6) is 0 Å². The normalized spacial score (nSPS) is 17.0. The van der Waals surface area contributed by atoms with Crippen LogP contribution in [0, 0.1) is 5.92 Å². The van der Waals surface area contributed by atoms with Crippen LogP contribution in [-0.4, -0.2) is 40.1 Å². The molecule has 0 amide bonds. The average molecular weight is 323 g/mol. The van der Waals surface area contributed by atoms with Crippen LogP contribution in [0.3, 0.4) is 0 Å². The van der Waals surface area contributed by atoms with Crippen molar-refractivity contribution in [2.24, 2.45) is 5.92 Å². The largest absolute Gasteiger partial charge is 0.466 e. The molecule has 0 radical (unpaired) electrons. The number of carbonyl (C=O) groups is 2. The molecule has 7 heteroatoms. The van der Waals surface area contributed by atoms with Gasteiger partial charge in [0.1, 0.15) is 0 Å². The molecular weight excluding hydrogens is 298 g/mol. The smallest absolute Gasteiger partial charge is 0.361 e. The number of nitrogens with zero attached hydrogens (tertiary/aromatic N) is 3. The summed E-state index contributed by atoms with van der Waals surface area (Å²) >= 11 is 0. The zero-order valence-electron chi connectivity index (χ0n) is 14.0. The quantitative estimate of drug-likeness (QED) is 0.748. The van der Waals surface area contributed by atoms with Crippen molar-refractivity contribution in [3.8, 4) is 0 Å². The van der Waals surface area contributed by atoms with E-state index in [4.69, 9.17) is 9.47 Å². The first kappa shape index (κ1) is 17.4. The maximum absolute atomic E-state index is 12.2. The molecule has 0 spiro atoms. The van der Waals surface area contributed by atoms with Gasteiger partial charge in [0, 0.05) is 6.04 Å². The van der Waals surface area contributed by atoms with Gasteiger partial charge in [0.2, 0.25) is 0 Å². The van der Waals surface area contributed by atoms with Crippen LogP contribution in [0.4, 0.5) is 0 Å². The number of hydrogen-bond acceptors (Lipinski definition) is 6. The van der Waals surface area contributed by atoms with Crippen molar-refractivity contribution in [1.82, 2.24) is 15.0 Å². The van der Waals surface area contributed by atoms with Crippen molar-refractivity contribution in [1.29, 1.82) is 0 Å². The van der Waals surface area contributed by atoms with Gasteiger partial charge in [-0.1, -0.05) is 37.3 Å². The van der Waals surface area contributed by atoms with E-state index < -0.39 is 18.0 Å². The fraction of sp³-hybridized carbons (Fsp3) is 0.750. The molecule has 23 heavy (non-hydrogen) atoms. The number of aromatic nitrogens is 3. The molecule has 0 aliphatic heterocycles. The van der Waals surface area contributed by atoms with E-state index >= 15 is 0 Å². The van der Waals surface area contributed by atoms with Gasteiger partial charge in [-0.25, -0.2) is 14.3 Å². The van der Waals surface area contributed by atoms with Gasteiger partial charge in [-0.2, -0.15) is 0 Å². The Bertz CT molecular complexity index is 535. The van der Waals surface area contributed by atoms with Gasteiger partial charge in [0.15, 0.2) is 11.8 Å². The zero-order chi connectivity index (χ0) is 16.8. The summed E-state index contributed by atoms with van der Waals surface area (Å²) in [6, 6.07) is 0.0997. The summed E-state index contributed by atoms with van der Waals surface area (Å²) in [5.41, 5.74) is 0.108. The van der Waals surface area contributed by atoms with E-state index in [-0.39, 0.29) is 11.7 Å². The van der Waals surface area contributed by atoms with E-state index in [0.717, 1.165) is 25.7 Å². The first-order chi connectivity index (χ1) is 11.0. The summed E-state index contributed by atoms with van der Waals surface area (Å²) in [6.45, 7) is 3.87. The third-order valence-electron chi connectivity index (χ3n) is 4.23. The Kier molecular flexibility index (Phi) is 6.12. The highest BCUT2D eigenvalue weighted by molar-refractivity contribution is 5.89. The third kappa shape index (κ3) is 4.77. The second-order valence-electron chi connectivity index (χ2n) is 6.33. The van der Waals surface area contributed by atoms with Crippen molar-refractivity contribution < 1.29 is 19.1 Å². The van der Waals surface area contributed by atoms with E-state index in [1.807, 2.05) is 13.8 Å². The van der Waals surface area contributed by atoms with Gasteiger partial charge < -0.3 is 9.47 Å². The second-order valence-corrected chi connectivity index (χ2v) is 6.33. The van der Waals surface area contributed by atoms with Crippen molar-refractivity contribution in [3.05, 3.63) is 11.9 Å². The number of hydrogen-bond donors (Lipinski definition) is 0. The Morgan fingerprint density at radius 3 is 2.57 bits per heavy atom. The molecule has 0 aromatic carbocycles. The lowest BCUT2D eigenvalue weighted by atomic mass is 9.85. The maximum Gasteiger partial charge on any atom is 0.361 e. The van der Waals surface area contributed by atoms with Crippen LogP contribution in [0.1, 0.15) is 68.9 Å². The molecule has 0 saturated heterocycles. The Hall–Kier alpha value is -1.92. The second kappa shape index (κ2) is 8.08. The van der Waals surface area contributed by atoms with Crippen LogP contribution in [0.25, 0.3) is 0 Å². The topological polar surface area (TPSA) is 83.3 Å². The SMILES string of the molecule is COC(=O)C(CC1CCCCC1)OC(=O)c1cn(C(C)C)nn1. The summed E-state index contributed by atoms with van der Waals surface area (Å²) in [6.07, 6.45) is 6.85. The zero-order valence-corrected chi connectivity index (χ0v) is 14.0. The van der Waals surface area contributed by atoms with Crippen LogP contribution in [0.2, 0.25) is 0 Å². The molecule has 128 valence electrons. The van der Waals surface area contributed by atoms with Crippen molar-refractivity contribution >= 4 is 11.9 Å². The van der Waals surface area contributed by atoms with Crippen LogP contribution >= 0.6 is 0 Å². The predicted octanol–water partition coefficient (Wildman–Crippen LogP) is 2.53. The Morgan fingerprint density at radius 2 is 2.00 bits per heavy atom. The van der Waals surface area contributed by atoms with Crippen molar-refractivity contribution in [2.75, 3.05) is 7.11 Å². The highest BCUT2D eigenvalue weighted by atomic mass is 16.6. The number of rotatable bonds is 6. The average Bonchev–Trinajstić information content (AvgIpc) is 3.05. The molecule has 0 bridgehead atoms. The molecular formula is C16H25N3O4. The van der Waals surface area contributed by atoms with Gasteiger partial charge in [-0.15, -0.1) is 5.10 Å². The number of ether oxygens (including phenoxy) is 2. The molecule has 1 aromatic rings. The summed E-state index contributed by atoms with van der Waals surface area (Å²) in [5.74, 6) is -0.754. The van der Waals surface area contributed by atoms with Gasteiger partial charge in [0.25, 0.3) is 0 Å². The summed E-state index contributed by atoms with van der Waals surface area (Å²) in [4.78, 5) is 24.1. The maximum atomic E-state index is 12.2. The fourth-order valence-electron chi connectivity index (χ4n) is 2.86. The van der Waals surface area contributed by atoms with Crippen LogP contribution in [-0.2, 0) is 14.3 Å². The van der Waals surface area contributed by atoms with Crippen LogP contribution in [0.15, 0.2) is 6.20 Å². The summed E-state index contributed by atoms with van der Waals surface area (Å²) in [7, 11) is 1.30. The number of esters is 2. The lowest BCUT2D eigenvalue weighted by Gasteiger charge is -2.24. The summed E-state index contributed by atoms with van der Waals surface area (Å²) in [5, 5.41) is 7.68. The number of carbonyl (C=O) groups excluding carboxylic acids is 2. The molecule has 1 atom stereocenters. The minimum atomic E-state index is -0.875. The molecule has 1 aliphatic carbocycles. The number of methoxy groups -OCH3 is 1. The summed E-state index contributed by atoms with van der Waals surface area (Å²) < 4.78 is 11.7. The highest BCUT2D eigenvalue weighted by Gasteiger charge is 2.29. The van der Waals surface area contributed by atoms with Gasteiger partial charge >= 0.3 is 11.9 Å². The Morgan fingerprint density at radius 1 is 1.30 bits per heavy atom. The minimum absolute atomic E-state index is 0.0997. The molecule has 1 saturated carbocycles. The van der Waals surface area contributed by atoms with Gasteiger partial charge in [-0.3, -0.25) is 0 Å². The predicted molar refractivity (Wildman–Crippen MR) is 82.8 cm³/mol. The van der Waals surface area contributed by atoms with E-state index in [9.17, 15) is 9.59 Å². The molecule has 1 aliphatic rings. The molecule has 7 nitrogen and oxygen atoms in total. The third-order valence-corrected chi connectivity index (χ3v) is 4.23. The lowest BCUT2D eigenvalue weighted by Crippen LogP contribution is -2.31. The first-order valence-electron chi connectivity index (χ1n) is 8.22. The van der Waals surface area contributed by atoms with E-state index in [1.165, 1.54) is 19.7 Å². The molecule has 2 rings (SSSR count).